The number of rotatable bonds is 13. The minimum Gasteiger partial charge on any atom is -0.444 e. The molecule has 15 nitrogen and oxygen atoms in total. The van der Waals surface area contributed by atoms with E-state index in [1.807, 2.05) is 13.8 Å². The van der Waals surface area contributed by atoms with Crippen LogP contribution in [0, 0.1) is 17.3 Å². The van der Waals surface area contributed by atoms with Gasteiger partial charge in [0, 0.05) is 26.6 Å². The van der Waals surface area contributed by atoms with E-state index in [0.29, 0.717) is 12.0 Å². The number of ether oxygens (including phenoxy) is 2. The number of carbonyl (C=O) groups excluding carboxylic acids is 7. The van der Waals surface area contributed by atoms with Crippen molar-refractivity contribution in [3.05, 3.63) is 22.4 Å². The highest BCUT2D eigenvalue weighted by atomic mass is 32.1. The van der Waals surface area contributed by atoms with E-state index >= 15 is 0 Å². The van der Waals surface area contributed by atoms with Crippen LogP contribution in [0.2, 0.25) is 0 Å². The average molecular weight is 761 g/mol. The number of nitrogens with one attached hydrogen (secondary N) is 4. The zero-order chi connectivity index (χ0) is 39.6. The number of nitrogens with zero attached hydrogens (tertiary/aromatic N) is 2. The second-order valence-corrected chi connectivity index (χ2v) is 18.0. The maximum Gasteiger partial charge on any atom is 0.408 e. The van der Waals surface area contributed by atoms with E-state index in [1.54, 1.807) is 72.5 Å². The molecule has 0 aromatic carbocycles. The van der Waals surface area contributed by atoms with Crippen molar-refractivity contribution in [3.63, 3.8) is 0 Å². The standard InChI is InChI=1S/C37H56N6O9S/c1-35(2,3)29(41-34(50)52-36(4,5)6)33(49)43-18-24-22(16-37(7,8)51-24)27(43)30(46)39-23(15-20-11-12-20)28(45)31(47)38-17-25(44)40-26(32(48)42(9)10)21-13-14-53-19-21/h13-14,19-20,22-24,26-27,29H,11-12,15-18H2,1-10H3,(H,38,47)(H,39,46)(H,40,44)(H,41,50)/t22-,23?,24-,26-,27-,29+/m0/s1. The second-order valence-electron chi connectivity index (χ2n) is 17.2. The minimum atomic E-state index is -1.21. The first-order chi connectivity index (χ1) is 24.5. The van der Waals surface area contributed by atoms with Gasteiger partial charge >= 0.3 is 6.09 Å². The summed E-state index contributed by atoms with van der Waals surface area (Å²) >= 11 is 1.36. The van der Waals surface area contributed by atoms with Crippen LogP contribution in [0.5, 0.6) is 0 Å². The van der Waals surface area contributed by atoms with Gasteiger partial charge in [-0.25, -0.2) is 4.79 Å². The lowest BCUT2D eigenvalue weighted by Gasteiger charge is -2.37. The molecule has 1 saturated carbocycles. The third-order valence-electron chi connectivity index (χ3n) is 9.52. The molecule has 294 valence electrons. The van der Waals surface area contributed by atoms with Gasteiger partial charge in [-0.2, -0.15) is 11.3 Å². The molecule has 3 heterocycles. The summed E-state index contributed by atoms with van der Waals surface area (Å²) in [5, 5.41) is 14.0. The van der Waals surface area contributed by atoms with Crippen LogP contribution in [0.4, 0.5) is 4.79 Å². The molecule has 1 aromatic rings. The van der Waals surface area contributed by atoms with Crippen LogP contribution in [0.25, 0.3) is 0 Å². The van der Waals surface area contributed by atoms with Crippen molar-refractivity contribution in [2.24, 2.45) is 17.3 Å². The Morgan fingerprint density at radius 2 is 1.68 bits per heavy atom. The van der Waals surface area contributed by atoms with E-state index in [-0.39, 0.29) is 24.8 Å². The highest BCUT2D eigenvalue weighted by Crippen LogP contribution is 2.44. The molecule has 3 fully saturated rings. The fourth-order valence-electron chi connectivity index (χ4n) is 6.85. The van der Waals surface area contributed by atoms with Crippen LogP contribution in [-0.2, 0) is 38.2 Å². The van der Waals surface area contributed by atoms with Crippen molar-refractivity contribution < 1.29 is 43.0 Å². The van der Waals surface area contributed by atoms with E-state index in [1.165, 1.54) is 21.1 Å². The van der Waals surface area contributed by atoms with Crippen molar-refractivity contribution in [2.45, 2.75) is 123 Å². The quantitative estimate of drug-likeness (QED) is 0.219. The molecule has 2 aliphatic heterocycles. The summed E-state index contributed by atoms with van der Waals surface area (Å²) in [5.74, 6) is -4.42. The largest absolute Gasteiger partial charge is 0.444 e. The number of likely N-dealkylation sites (N-methyl/N-ethyl adjacent to an activating group) is 1. The summed E-state index contributed by atoms with van der Waals surface area (Å²) < 4.78 is 11.7. The molecule has 0 bridgehead atoms. The molecular weight excluding hydrogens is 705 g/mol. The summed E-state index contributed by atoms with van der Waals surface area (Å²) in [4.78, 5) is 96.7. The van der Waals surface area contributed by atoms with Gasteiger partial charge in [0.05, 0.1) is 24.3 Å². The minimum absolute atomic E-state index is 0.0904. The molecule has 4 rings (SSSR count). The lowest BCUT2D eigenvalue weighted by molar-refractivity contribution is -0.145. The Morgan fingerprint density at radius 1 is 1.02 bits per heavy atom. The normalized spacial score (nSPS) is 22.5. The van der Waals surface area contributed by atoms with Gasteiger partial charge < -0.3 is 40.5 Å². The molecule has 1 aromatic heterocycles. The number of hydrogen-bond donors (Lipinski definition) is 4. The van der Waals surface area contributed by atoms with Crippen molar-refractivity contribution in [2.75, 3.05) is 27.2 Å². The van der Waals surface area contributed by atoms with Gasteiger partial charge in [0.1, 0.15) is 23.7 Å². The summed E-state index contributed by atoms with van der Waals surface area (Å²) in [6, 6.07) is -2.58. The molecule has 2 saturated heterocycles. The van der Waals surface area contributed by atoms with Crippen molar-refractivity contribution in [3.8, 4) is 0 Å². The van der Waals surface area contributed by atoms with Gasteiger partial charge in [0.15, 0.2) is 0 Å². The van der Waals surface area contributed by atoms with Gasteiger partial charge in [0.2, 0.25) is 29.4 Å². The number of likely N-dealkylation sites (tertiary alicyclic amines) is 1. The number of amides is 6. The van der Waals surface area contributed by atoms with E-state index in [9.17, 15) is 33.6 Å². The molecule has 4 N–H and O–H groups in total. The molecule has 3 aliphatic rings. The van der Waals surface area contributed by atoms with Crippen molar-refractivity contribution in [1.82, 2.24) is 31.1 Å². The predicted octanol–water partition coefficient (Wildman–Crippen LogP) is 2.30. The van der Waals surface area contributed by atoms with E-state index in [2.05, 4.69) is 21.3 Å². The zero-order valence-corrected chi connectivity index (χ0v) is 33.3. The molecule has 16 heteroatoms. The summed E-state index contributed by atoms with van der Waals surface area (Å²) in [5.41, 5.74) is -1.56. The first-order valence-electron chi connectivity index (χ1n) is 18.1. The van der Waals surface area contributed by atoms with Crippen LogP contribution in [0.15, 0.2) is 16.8 Å². The molecule has 1 aliphatic carbocycles. The molecule has 0 spiro atoms. The number of fused-ring (bicyclic) bond motifs is 1. The maximum atomic E-state index is 14.3. The molecule has 0 radical (unpaired) electrons. The average Bonchev–Trinajstić information content (AvgIpc) is 3.41. The van der Waals surface area contributed by atoms with Gasteiger partial charge in [-0.3, -0.25) is 28.8 Å². The summed E-state index contributed by atoms with van der Waals surface area (Å²) in [7, 11) is 3.13. The Hall–Kier alpha value is -4.05. The monoisotopic (exact) mass is 760 g/mol. The Morgan fingerprint density at radius 3 is 2.23 bits per heavy atom. The molecule has 1 unspecified atom stereocenters. The third kappa shape index (κ3) is 11.0. The summed E-state index contributed by atoms with van der Waals surface area (Å²) in [6.45, 7) is 13.9. The van der Waals surface area contributed by atoms with E-state index in [4.69, 9.17) is 9.47 Å². The first kappa shape index (κ1) is 41.7. The number of hydrogen-bond acceptors (Lipinski definition) is 10. The van der Waals surface area contributed by atoms with Gasteiger partial charge in [-0.1, -0.05) is 33.6 Å². The molecular formula is C37H56N6O9S. The number of alkyl carbamates (subject to hydrolysis) is 1. The van der Waals surface area contributed by atoms with Crippen LogP contribution in [0.3, 0.4) is 0 Å². The maximum absolute atomic E-state index is 14.3. The highest BCUT2D eigenvalue weighted by molar-refractivity contribution is 7.08. The van der Waals surface area contributed by atoms with Crippen LogP contribution in [-0.4, -0.2) is 114 Å². The van der Waals surface area contributed by atoms with Crippen LogP contribution in [0.1, 0.15) is 92.7 Å². The number of thiophene rings is 1. The SMILES string of the molecule is CN(C)C(=O)[C@@H](NC(=O)CNC(=O)C(=O)C(CC1CC1)NC(=O)[C@@H]1[C@H]2CC(C)(C)O[C@H]2CN1C(=O)[C@@H](NC(=O)OC(C)(C)C)C(C)(C)C)c1ccsc1. The van der Waals surface area contributed by atoms with E-state index < -0.39 is 94.9 Å². The lowest BCUT2D eigenvalue weighted by atomic mass is 9.85. The van der Waals surface area contributed by atoms with Crippen LogP contribution >= 0.6 is 11.3 Å². The smallest absolute Gasteiger partial charge is 0.408 e. The Balaban J connectivity index is 1.50. The fourth-order valence-corrected chi connectivity index (χ4v) is 7.54. The highest BCUT2D eigenvalue weighted by Gasteiger charge is 2.57. The van der Waals surface area contributed by atoms with Crippen molar-refractivity contribution in [1.29, 1.82) is 0 Å². The Bertz CT molecular complexity index is 1560. The predicted molar refractivity (Wildman–Crippen MR) is 196 cm³/mol. The summed E-state index contributed by atoms with van der Waals surface area (Å²) in [6.07, 6.45) is 1.09. The van der Waals surface area contributed by atoms with E-state index in [0.717, 1.165) is 12.8 Å². The number of Topliss-reactive ketones (excluding diaryl/α,β-unsaturated/α-hetero) is 1. The molecule has 6 atom stereocenters. The van der Waals surface area contributed by atoms with Gasteiger partial charge in [-0.05, 0) is 81.2 Å². The van der Waals surface area contributed by atoms with Gasteiger partial charge in [-0.15, -0.1) is 0 Å². The Labute approximate surface area is 315 Å². The fraction of sp³-hybridized carbons (Fsp3) is 0.703. The Kier molecular flexibility index (Phi) is 12.7. The second kappa shape index (κ2) is 16.1. The van der Waals surface area contributed by atoms with Crippen LogP contribution < -0.4 is 21.3 Å². The number of ketones is 1. The first-order valence-corrected chi connectivity index (χ1v) is 19.0. The molecule has 53 heavy (non-hydrogen) atoms. The topological polar surface area (TPSA) is 193 Å². The third-order valence-corrected chi connectivity index (χ3v) is 10.2. The zero-order valence-electron chi connectivity index (χ0n) is 32.5. The van der Waals surface area contributed by atoms with Crippen molar-refractivity contribution >= 4 is 52.7 Å². The lowest BCUT2D eigenvalue weighted by Crippen LogP contribution is -2.60. The van der Waals surface area contributed by atoms with Gasteiger partial charge in [0.25, 0.3) is 5.91 Å². The molecule has 6 amide bonds. The number of carbonyl (C=O) groups is 7.